The molecule has 0 amide bonds. The Morgan fingerprint density at radius 3 is 2.32 bits per heavy atom. The number of anilines is 1. The minimum atomic E-state index is -3.80. The molecule has 0 N–H and O–H groups in total. The van der Waals surface area contributed by atoms with Crippen LogP contribution in [0.1, 0.15) is 26.6 Å². The molecule has 2 rings (SSSR count). The molecule has 0 aliphatic heterocycles. The second-order valence-corrected chi connectivity index (χ2v) is 7.05. The molecule has 0 radical (unpaired) electrons. The van der Waals surface area contributed by atoms with Crippen molar-refractivity contribution < 1.29 is 12.8 Å². The summed E-state index contributed by atoms with van der Waals surface area (Å²) in [7, 11) is -3.80. The van der Waals surface area contributed by atoms with Crippen LogP contribution in [-0.2, 0) is 16.6 Å². The van der Waals surface area contributed by atoms with Gasteiger partial charge in [-0.2, -0.15) is 8.42 Å². The van der Waals surface area contributed by atoms with E-state index >= 15 is 0 Å². The average Bonchev–Trinajstić information content (AvgIpc) is 2.82. The Kier molecular flexibility index (Phi) is 4.55. The van der Waals surface area contributed by atoms with Gasteiger partial charge in [0.25, 0.3) is 10.0 Å². The molecule has 120 valence electrons. The van der Waals surface area contributed by atoms with Crippen molar-refractivity contribution in [3.05, 3.63) is 42.1 Å². The van der Waals surface area contributed by atoms with Crippen LogP contribution in [0.15, 0.2) is 35.5 Å². The van der Waals surface area contributed by atoms with Crippen molar-refractivity contribution in [1.82, 2.24) is 9.55 Å². The Morgan fingerprint density at radius 2 is 1.86 bits per heavy atom. The Morgan fingerprint density at radius 1 is 1.27 bits per heavy atom. The molecule has 22 heavy (non-hydrogen) atoms. The van der Waals surface area contributed by atoms with Crippen LogP contribution in [0.2, 0.25) is 0 Å². The van der Waals surface area contributed by atoms with Crippen molar-refractivity contribution >= 4 is 15.7 Å². The molecule has 0 unspecified atom stereocenters. The molecule has 0 spiro atoms. The lowest BCUT2D eigenvalue weighted by atomic mass is 10.3. The van der Waals surface area contributed by atoms with E-state index in [0.717, 1.165) is 0 Å². The maximum Gasteiger partial charge on any atom is 0.283 e. The van der Waals surface area contributed by atoms with Crippen LogP contribution in [0.5, 0.6) is 0 Å². The SMILES string of the molecule is CCn1cc(S(=O)(=O)N(c2ccc(F)cc2)C(C)C)nc1C. The van der Waals surface area contributed by atoms with Gasteiger partial charge < -0.3 is 4.57 Å². The van der Waals surface area contributed by atoms with Crippen LogP contribution in [0, 0.1) is 12.7 Å². The van der Waals surface area contributed by atoms with E-state index in [1.54, 1.807) is 25.3 Å². The predicted octanol–water partition coefficient (Wildman–Crippen LogP) is 2.95. The zero-order valence-corrected chi connectivity index (χ0v) is 13.9. The number of rotatable bonds is 5. The molecule has 5 nitrogen and oxygen atoms in total. The highest BCUT2D eigenvalue weighted by Gasteiger charge is 2.30. The summed E-state index contributed by atoms with van der Waals surface area (Å²) in [6.07, 6.45) is 1.53. The lowest BCUT2D eigenvalue weighted by molar-refractivity contribution is 0.580. The Bertz CT molecular complexity index is 752. The Labute approximate surface area is 130 Å². The Hall–Kier alpha value is -1.89. The van der Waals surface area contributed by atoms with Crippen LogP contribution in [0.25, 0.3) is 0 Å². The molecule has 0 atom stereocenters. The summed E-state index contributed by atoms with van der Waals surface area (Å²) in [5, 5.41) is 0.00451. The van der Waals surface area contributed by atoms with E-state index in [-0.39, 0.29) is 11.1 Å². The number of halogens is 1. The topological polar surface area (TPSA) is 55.2 Å². The first-order valence-electron chi connectivity index (χ1n) is 7.11. The zero-order valence-electron chi connectivity index (χ0n) is 13.1. The van der Waals surface area contributed by atoms with Gasteiger partial charge in [-0.15, -0.1) is 0 Å². The molecular weight excluding hydrogens is 305 g/mol. The van der Waals surface area contributed by atoms with Gasteiger partial charge in [0, 0.05) is 18.8 Å². The van der Waals surface area contributed by atoms with Crippen molar-refractivity contribution in [2.75, 3.05) is 4.31 Å². The average molecular weight is 325 g/mol. The third kappa shape index (κ3) is 2.99. The maximum absolute atomic E-state index is 13.1. The van der Waals surface area contributed by atoms with E-state index in [0.29, 0.717) is 18.1 Å². The van der Waals surface area contributed by atoms with Crippen LogP contribution >= 0.6 is 0 Å². The number of aryl methyl sites for hydroxylation is 2. The van der Waals surface area contributed by atoms with Crippen LogP contribution in [-0.4, -0.2) is 24.0 Å². The van der Waals surface area contributed by atoms with E-state index < -0.39 is 15.8 Å². The van der Waals surface area contributed by atoms with E-state index in [1.165, 1.54) is 34.8 Å². The molecule has 0 saturated carbocycles. The van der Waals surface area contributed by atoms with Crippen LogP contribution in [0.3, 0.4) is 0 Å². The van der Waals surface area contributed by atoms with Gasteiger partial charge in [0.1, 0.15) is 11.6 Å². The molecule has 0 aliphatic carbocycles. The first kappa shape index (κ1) is 16.5. The van der Waals surface area contributed by atoms with E-state index in [1.807, 2.05) is 6.92 Å². The van der Waals surface area contributed by atoms with Gasteiger partial charge in [0.05, 0.1) is 5.69 Å². The second kappa shape index (κ2) is 6.08. The molecule has 1 aromatic heterocycles. The number of hydrogen-bond acceptors (Lipinski definition) is 3. The summed E-state index contributed by atoms with van der Waals surface area (Å²) in [5.41, 5.74) is 0.417. The highest BCUT2D eigenvalue weighted by Crippen LogP contribution is 2.26. The predicted molar refractivity (Wildman–Crippen MR) is 83.8 cm³/mol. The number of imidazole rings is 1. The van der Waals surface area contributed by atoms with Crippen molar-refractivity contribution in [2.45, 2.75) is 45.3 Å². The van der Waals surface area contributed by atoms with Gasteiger partial charge in [-0.25, -0.2) is 9.37 Å². The van der Waals surface area contributed by atoms with Gasteiger partial charge in [0.15, 0.2) is 5.03 Å². The fourth-order valence-corrected chi connectivity index (χ4v) is 3.99. The summed E-state index contributed by atoms with van der Waals surface area (Å²) >= 11 is 0. The van der Waals surface area contributed by atoms with Gasteiger partial charge in [-0.1, -0.05) is 0 Å². The summed E-state index contributed by atoms with van der Waals surface area (Å²) in [5.74, 6) is 0.236. The first-order chi connectivity index (χ1) is 10.3. The van der Waals surface area contributed by atoms with Gasteiger partial charge in [-0.3, -0.25) is 4.31 Å². The third-order valence-electron chi connectivity index (χ3n) is 3.37. The van der Waals surface area contributed by atoms with Gasteiger partial charge >= 0.3 is 0 Å². The minimum absolute atomic E-state index is 0.00451. The summed E-state index contributed by atoms with van der Waals surface area (Å²) < 4.78 is 41.9. The minimum Gasteiger partial charge on any atom is -0.334 e. The summed E-state index contributed by atoms with van der Waals surface area (Å²) in [4.78, 5) is 4.16. The van der Waals surface area contributed by atoms with Crippen molar-refractivity contribution in [2.24, 2.45) is 0 Å². The molecule has 0 bridgehead atoms. The fraction of sp³-hybridized carbons (Fsp3) is 0.400. The monoisotopic (exact) mass is 325 g/mol. The van der Waals surface area contributed by atoms with Crippen LogP contribution < -0.4 is 4.31 Å². The Balaban J connectivity index is 2.52. The van der Waals surface area contributed by atoms with Gasteiger partial charge in [0.2, 0.25) is 0 Å². The quantitative estimate of drug-likeness (QED) is 0.849. The lowest BCUT2D eigenvalue weighted by Gasteiger charge is -2.27. The molecule has 1 heterocycles. The standard InChI is InChI=1S/C15H20FN3O2S/c1-5-18-10-15(17-12(18)4)22(20,21)19(11(2)3)14-8-6-13(16)7-9-14/h6-11H,5H2,1-4H3. The molecule has 0 aliphatic rings. The molecule has 2 aromatic rings. The third-order valence-corrected chi connectivity index (χ3v) is 5.24. The zero-order chi connectivity index (χ0) is 16.5. The van der Waals surface area contributed by atoms with Crippen molar-refractivity contribution in [1.29, 1.82) is 0 Å². The largest absolute Gasteiger partial charge is 0.334 e. The number of sulfonamides is 1. The van der Waals surface area contributed by atoms with E-state index in [9.17, 15) is 12.8 Å². The van der Waals surface area contributed by atoms with Crippen molar-refractivity contribution in [3.8, 4) is 0 Å². The lowest BCUT2D eigenvalue weighted by Crippen LogP contribution is -2.37. The number of nitrogens with zero attached hydrogens (tertiary/aromatic N) is 3. The second-order valence-electron chi connectivity index (χ2n) is 5.28. The highest BCUT2D eigenvalue weighted by atomic mass is 32.2. The first-order valence-corrected chi connectivity index (χ1v) is 8.55. The normalized spacial score (nSPS) is 11.9. The molecule has 0 fully saturated rings. The van der Waals surface area contributed by atoms with E-state index in [4.69, 9.17) is 0 Å². The summed E-state index contributed by atoms with van der Waals surface area (Å²) in [6, 6.07) is 5.09. The highest BCUT2D eigenvalue weighted by molar-refractivity contribution is 7.92. The number of hydrogen-bond donors (Lipinski definition) is 0. The smallest absolute Gasteiger partial charge is 0.283 e. The molecule has 0 saturated heterocycles. The van der Waals surface area contributed by atoms with Crippen LogP contribution in [0.4, 0.5) is 10.1 Å². The number of aromatic nitrogens is 2. The van der Waals surface area contributed by atoms with Crippen molar-refractivity contribution in [3.63, 3.8) is 0 Å². The summed E-state index contributed by atoms with van der Waals surface area (Å²) in [6.45, 7) is 7.87. The maximum atomic E-state index is 13.1. The fourth-order valence-electron chi connectivity index (χ4n) is 2.33. The molecular formula is C15H20FN3O2S. The number of benzene rings is 1. The molecule has 7 heteroatoms. The van der Waals surface area contributed by atoms with E-state index in [2.05, 4.69) is 4.98 Å². The van der Waals surface area contributed by atoms with Gasteiger partial charge in [-0.05, 0) is 52.0 Å². The molecule has 1 aromatic carbocycles.